The van der Waals surface area contributed by atoms with Gasteiger partial charge in [-0.05, 0) is 62.9 Å². The second-order valence-corrected chi connectivity index (χ2v) is 8.38. The van der Waals surface area contributed by atoms with Gasteiger partial charge in [0.1, 0.15) is 17.5 Å². The molecule has 0 aromatic heterocycles. The van der Waals surface area contributed by atoms with Gasteiger partial charge >= 0.3 is 0 Å². The number of aryl methyl sites for hydroxylation is 1. The Kier molecular flexibility index (Phi) is 10.7. The summed E-state index contributed by atoms with van der Waals surface area (Å²) >= 11 is 0. The molecule has 0 saturated heterocycles. The van der Waals surface area contributed by atoms with Gasteiger partial charge in [-0.2, -0.15) is 0 Å². The normalized spacial score (nSPS) is 12.5. The minimum atomic E-state index is -0.505. The van der Waals surface area contributed by atoms with Crippen molar-refractivity contribution in [2.75, 3.05) is 13.7 Å². The number of rotatable bonds is 13. The predicted octanol–water partition coefficient (Wildman–Crippen LogP) is 4.88. The van der Waals surface area contributed by atoms with Crippen LogP contribution in [-0.2, 0) is 16.1 Å². The molecule has 0 radical (unpaired) electrons. The van der Waals surface area contributed by atoms with Crippen LogP contribution >= 0.6 is 0 Å². The molecule has 0 bridgehead atoms. The van der Waals surface area contributed by atoms with Crippen molar-refractivity contribution in [2.24, 2.45) is 0 Å². The maximum atomic E-state index is 13.3. The van der Waals surface area contributed by atoms with Crippen LogP contribution in [0.2, 0.25) is 0 Å². The molecular formula is C27H38N2O4. The third kappa shape index (κ3) is 8.44. The van der Waals surface area contributed by atoms with Crippen molar-refractivity contribution in [1.29, 1.82) is 0 Å². The molecule has 2 unspecified atom stereocenters. The second-order valence-electron chi connectivity index (χ2n) is 8.38. The van der Waals surface area contributed by atoms with Crippen LogP contribution in [0.15, 0.2) is 48.5 Å². The molecule has 2 aromatic carbocycles. The Labute approximate surface area is 198 Å². The van der Waals surface area contributed by atoms with Crippen molar-refractivity contribution in [3.8, 4) is 11.5 Å². The lowest BCUT2D eigenvalue weighted by Crippen LogP contribution is -2.50. The lowest BCUT2D eigenvalue weighted by Gasteiger charge is -2.31. The van der Waals surface area contributed by atoms with Crippen LogP contribution in [0.25, 0.3) is 0 Å². The Bertz CT molecular complexity index is 882. The molecular weight excluding hydrogens is 416 g/mol. The highest BCUT2D eigenvalue weighted by Gasteiger charge is 2.28. The topological polar surface area (TPSA) is 67.9 Å². The van der Waals surface area contributed by atoms with Crippen LogP contribution < -0.4 is 14.8 Å². The zero-order valence-electron chi connectivity index (χ0n) is 20.6. The zero-order chi connectivity index (χ0) is 24.2. The number of hydrogen-bond donors (Lipinski definition) is 1. The summed E-state index contributed by atoms with van der Waals surface area (Å²) in [6, 6.07) is 15.0. The number of nitrogens with one attached hydrogen (secondary N) is 1. The van der Waals surface area contributed by atoms with Crippen LogP contribution in [0.4, 0.5) is 0 Å². The number of carbonyl (C=O) groups excluding carboxylic acids is 2. The summed E-state index contributed by atoms with van der Waals surface area (Å²) in [5, 5.41) is 3.04. The number of benzene rings is 2. The van der Waals surface area contributed by atoms with Crippen LogP contribution in [0.3, 0.4) is 0 Å². The first-order chi connectivity index (χ1) is 15.9. The average Bonchev–Trinajstić information content (AvgIpc) is 2.81. The molecule has 2 amide bonds. The summed E-state index contributed by atoms with van der Waals surface area (Å²) in [5.41, 5.74) is 2.15. The van der Waals surface area contributed by atoms with Gasteiger partial charge in [0, 0.05) is 19.0 Å². The first kappa shape index (κ1) is 26.2. The van der Waals surface area contributed by atoms with Crippen LogP contribution in [0, 0.1) is 6.92 Å². The quantitative estimate of drug-likeness (QED) is 0.438. The molecule has 0 aliphatic carbocycles. The molecule has 0 fully saturated rings. The van der Waals surface area contributed by atoms with Crippen molar-refractivity contribution in [1.82, 2.24) is 10.2 Å². The summed E-state index contributed by atoms with van der Waals surface area (Å²) in [4.78, 5) is 28.0. The van der Waals surface area contributed by atoms with E-state index in [0.717, 1.165) is 29.0 Å². The van der Waals surface area contributed by atoms with Crippen molar-refractivity contribution < 1.29 is 19.1 Å². The van der Waals surface area contributed by atoms with Crippen molar-refractivity contribution >= 4 is 11.8 Å². The fourth-order valence-corrected chi connectivity index (χ4v) is 3.60. The first-order valence-electron chi connectivity index (χ1n) is 11.8. The molecule has 0 spiro atoms. The summed E-state index contributed by atoms with van der Waals surface area (Å²) < 4.78 is 10.9. The first-order valence-corrected chi connectivity index (χ1v) is 11.8. The van der Waals surface area contributed by atoms with E-state index in [9.17, 15) is 9.59 Å². The molecule has 0 saturated carbocycles. The Hall–Kier alpha value is -3.02. The van der Waals surface area contributed by atoms with E-state index in [1.54, 1.807) is 12.0 Å². The maximum absolute atomic E-state index is 13.3. The van der Waals surface area contributed by atoms with Gasteiger partial charge in [-0.1, -0.05) is 43.7 Å². The van der Waals surface area contributed by atoms with E-state index < -0.39 is 6.04 Å². The Morgan fingerprint density at radius 1 is 1.03 bits per heavy atom. The van der Waals surface area contributed by atoms with Crippen LogP contribution in [-0.4, -0.2) is 42.5 Å². The highest BCUT2D eigenvalue weighted by atomic mass is 16.5. The standard InChI is InChI=1S/C27H38N2O4/c1-6-21(4)28-27(31)25(7-2)29(19-22-11-8-10-20(3)18-22)26(30)12-9-17-33-24-15-13-23(32-5)14-16-24/h8,10-11,13-16,18,21,25H,6-7,9,12,17,19H2,1-5H3,(H,28,31). The molecule has 2 rings (SSSR count). The average molecular weight is 455 g/mol. The van der Waals surface area contributed by atoms with Gasteiger partial charge in [0.05, 0.1) is 13.7 Å². The summed E-state index contributed by atoms with van der Waals surface area (Å²) in [6.07, 6.45) is 2.28. The molecule has 2 aromatic rings. The Morgan fingerprint density at radius 2 is 1.73 bits per heavy atom. The van der Waals surface area contributed by atoms with Gasteiger partial charge in [-0.15, -0.1) is 0 Å². The predicted molar refractivity (Wildman–Crippen MR) is 131 cm³/mol. The van der Waals surface area contributed by atoms with E-state index in [1.165, 1.54) is 0 Å². The second kappa shape index (κ2) is 13.5. The molecule has 6 heteroatoms. The minimum Gasteiger partial charge on any atom is -0.497 e. The van der Waals surface area contributed by atoms with Gasteiger partial charge < -0.3 is 19.7 Å². The molecule has 0 aliphatic rings. The maximum Gasteiger partial charge on any atom is 0.243 e. The molecule has 33 heavy (non-hydrogen) atoms. The van der Waals surface area contributed by atoms with E-state index in [1.807, 2.05) is 70.2 Å². The van der Waals surface area contributed by atoms with Gasteiger partial charge in [-0.3, -0.25) is 9.59 Å². The highest BCUT2D eigenvalue weighted by Crippen LogP contribution is 2.18. The number of carbonyl (C=O) groups is 2. The third-order valence-electron chi connectivity index (χ3n) is 5.69. The fourth-order valence-electron chi connectivity index (χ4n) is 3.60. The number of nitrogens with zero attached hydrogens (tertiary/aromatic N) is 1. The highest BCUT2D eigenvalue weighted by molar-refractivity contribution is 5.87. The van der Waals surface area contributed by atoms with Crippen molar-refractivity contribution in [2.45, 2.75) is 72.0 Å². The molecule has 0 heterocycles. The van der Waals surface area contributed by atoms with Crippen LogP contribution in [0.5, 0.6) is 11.5 Å². The molecule has 1 N–H and O–H groups in total. The SMILES string of the molecule is CCC(C)NC(=O)C(CC)N(Cc1cccc(C)c1)C(=O)CCCOc1ccc(OC)cc1. The van der Waals surface area contributed by atoms with E-state index >= 15 is 0 Å². The Morgan fingerprint density at radius 3 is 2.33 bits per heavy atom. The van der Waals surface area contributed by atoms with Gasteiger partial charge in [0.25, 0.3) is 0 Å². The lowest BCUT2D eigenvalue weighted by molar-refractivity contribution is -0.141. The minimum absolute atomic E-state index is 0.0408. The largest absolute Gasteiger partial charge is 0.497 e. The lowest BCUT2D eigenvalue weighted by atomic mass is 10.1. The van der Waals surface area contributed by atoms with Gasteiger partial charge in [-0.25, -0.2) is 0 Å². The molecule has 0 aliphatic heterocycles. The fraction of sp³-hybridized carbons (Fsp3) is 0.481. The number of hydrogen-bond acceptors (Lipinski definition) is 4. The van der Waals surface area contributed by atoms with Crippen molar-refractivity contribution in [3.63, 3.8) is 0 Å². The van der Waals surface area contributed by atoms with E-state index in [2.05, 4.69) is 11.4 Å². The molecule has 2 atom stereocenters. The monoisotopic (exact) mass is 454 g/mol. The Balaban J connectivity index is 2.05. The molecule has 6 nitrogen and oxygen atoms in total. The summed E-state index contributed by atoms with van der Waals surface area (Å²) in [5.74, 6) is 1.37. The van der Waals surface area contributed by atoms with E-state index in [0.29, 0.717) is 32.4 Å². The van der Waals surface area contributed by atoms with Crippen molar-refractivity contribution in [3.05, 3.63) is 59.7 Å². The van der Waals surface area contributed by atoms with Crippen LogP contribution in [0.1, 0.15) is 57.6 Å². The smallest absolute Gasteiger partial charge is 0.243 e. The number of amides is 2. The summed E-state index contributed by atoms with van der Waals surface area (Å²) in [7, 11) is 1.62. The van der Waals surface area contributed by atoms with E-state index in [4.69, 9.17) is 9.47 Å². The van der Waals surface area contributed by atoms with E-state index in [-0.39, 0.29) is 17.9 Å². The number of methoxy groups -OCH3 is 1. The van der Waals surface area contributed by atoms with Gasteiger partial charge in [0.2, 0.25) is 11.8 Å². The number of ether oxygens (including phenoxy) is 2. The zero-order valence-corrected chi connectivity index (χ0v) is 20.6. The van der Waals surface area contributed by atoms with Gasteiger partial charge in [0.15, 0.2) is 0 Å². The molecule has 180 valence electrons. The summed E-state index contributed by atoms with van der Waals surface area (Å²) in [6.45, 7) is 8.82. The third-order valence-corrected chi connectivity index (χ3v) is 5.69.